The van der Waals surface area contributed by atoms with Gasteiger partial charge in [0.15, 0.2) is 0 Å². The molecule has 33 heavy (non-hydrogen) atoms. The lowest BCUT2D eigenvalue weighted by atomic mass is 9.89. The molecule has 1 amide bonds. The molecular formula is C25H35F2N4OP. The fraction of sp³-hybridized carbons (Fsp3) is 0.440. The molecule has 1 heterocycles. The Morgan fingerprint density at radius 2 is 2.03 bits per heavy atom. The van der Waals surface area contributed by atoms with Crippen molar-refractivity contribution in [3.63, 3.8) is 0 Å². The number of aromatic nitrogens is 1. The Labute approximate surface area is 198 Å². The van der Waals surface area contributed by atoms with Crippen LogP contribution in [0.2, 0.25) is 0 Å². The molecule has 0 aromatic carbocycles. The number of amides is 1. The number of hydrazine groups is 1. The summed E-state index contributed by atoms with van der Waals surface area (Å²) in [5.74, 6) is -0.551. The van der Waals surface area contributed by atoms with Crippen molar-refractivity contribution in [1.82, 2.24) is 10.4 Å². The van der Waals surface area contributed by atoms with Gasteiger partial charge in [0.05, 0.1) is 17.6 Å². The van der Waals surface area contributed by atoms with Crippen molar-refractivity contribution >= 4 is 26.7 Å². The predicted octanol–water partition coefficient (Wildman–Crippen LogP) is 6.22. The van der Waals surface area contributed by atoms with Gasteiger partial charge in [0.1, 0.15) is 5.82 Å². The van der Waals surface area contributed by atoms with Crippen LogP contribution >= 0.6 is 9.24 Å². The van der Waals surface area contributed by atoms with Gasteiger partial charge in [-0.1, -0.05) is 66.3 Å². The van der Waals surface area contributed by atoms with E-state index in [9.17, 15) is 13.6 Å². The molecule has 2 atom stereocenters. The molecule has 180 valence electrons. The highest BCUT2D eigenvalue weighted by molar-refractivity contribution is 7.18. The number of pyridine rings is 1. The molecule has 0 spiro atoms. The average Bonchev–Trinajstić information content (AvgIpc) is 2.80. The number of halogens is 2. The third-order valence-corrected chi connectivity index (χ3v) is 6.22. The second-order valence-corrected chi connectivity index (χ2v) is 8.92. The number of rotatable bonds is 10. The van der Waals surface area contributed by atoms with Gasteiger partial charge < -0.3 is 5.32 Å². The fourth-order valence-electron chi connectivity index (χ4n) is 3.68. The molecule has 1 fully saturated rings. The summed E-state index contributed by atoms with van der Waals surface area (Å²) in [5, 5.41) is 4.57. The summed E-state index contributed by atoms with van der Waals surface area (Å²) in [4.78, 5) is 16.9. The highest BCUT2D eigenvalue weighted by atomic mass is 31.0. The number of nitrogens with zero attached hydrogens (tertiary/aromatic N) is 2. The van der Waals surface area contributed by atoms with E-state index in [1.165, 1.54) is 19.4 Å². The van der Waals surface area contributed by atoms with E-state index >= 15 is 0 Å². The van der Waals surface area contributed by atoms with Gasteiger partial charge in [-0.25, -0.2) is 19.2 Å². The van der Waals surface area contributed by atoms with E-state index in [1.807, 2.05) is 25.2 Å². The van der Waals surface area contributed by atoms with Crippen LogP contribution in [-0.2, 0) is 4.79 Å². The van der Waals surface area contributed by atoms with Gasteiger partial charge in [0.2, 0.25) is 5.91 Å². The molecule has 1 aliphatic carbocycles. The van der Waals surface area contributed by atoms with E-state index in [2.05, 4.69) is 22.3 Å². The first-order chi connectivity index (χ1) is 15.7. The largest absolute Gasteiger partial charge is 0.310 e. The Morgan fingerprint density at radius 1 is 1.33 bits per heavy atom. The Morgan fingerprint density at radius 3 is 2.55 bits per heavy atom. The molecule has 8 heteroatoms. The van der Waals surface area contributed by atoms with Crippen LogP contribution < -0.4 is 15.8 Å². The molecule has 0 bridgehead atoms. The van der Waals surface area contributed by atoms with Crippen LogP contribution in [0.4, 0.5) is 20.3 Å². The van der Waals surface area contributed by atoms with Crippen molar-refractivity contribution in [2.45, 2.75) is 51.6 Å². The van der Waals surface area contributed by atoms with Crippen molar-refractivity contribution in [3.05, 3.63) is 66.6 Å². The van der Waals surface area contributed by atoms with Crippen LogP contribution in [0.15, 0.2) is 66.6 Å². The lowest BCUT2D eigenvalue weighted by Gasteiger charge is -2.29. The van der Waals surface area contributed by atoms with Crippen LogP contribution in [0.1, 0.15) is 46.0 Å². The lowest BCUT2D eigenvalue weighted by Crippen LogP contribution is -2.36. The predicted molar refractivity (Wildman–Crippen MR) is 136 cm³/mol. The summed E-state index contributed by atoms with van der Waals surface area (Å²) in [5.41, 5.74) is 1.89. The fourth-order valence-corrected chi connectivity index (χ4v) is 3.78. The van der Waals surface area contributed by atoms with Gasteiger partial charge in [-0.15, -0.1) is 0 Å². The normalized spacial score (nSPS) is 17.2. The van der Waals surface area contributed by atoms with Crippen LogP contribution in [-0.4, -0.2) is 23.6 Å². The van der Waals surface area contributed by atoms with E-state index in [1.54, 1.807) is 45.7 Å². The van der Waals surface area contributed by atoms with Gasteiger partial charge in [-0.3, -0.25) is 9.80 Å². The first-order valence-electron chi connectivity index (χ1n) is 11.3. The summed E-state index contributed by atoms with van der Waals surface area (Å²) in [6.45, 7) is 7.19. The van der Waals surface area contributed by atoms with Gasteiger partial charge in [-0.05, 0) is 43.5 Å². The molecule has 1 aromatic rings. The average molecular weight is 477 g/mol. The minimum absolute atomic E-state index is 0.000685. The van der Waals surface area contributed by atoms with Crippen LogP contribution in [0.3, 0.4) is 0 Å². The van der Waals surface area contributed by atoms with E-state index in [-0.39, 0.29) is 11.8 Å². The maximum Gasteiger partial charge on any atom is 0.264 e. The summed E-state index contributed by atoms with van der Waals surface area (Å²) >= 11 is 0. The van der Waals surface area contributed by atoms with E-state index in [0.29, 0.717) is 22.8 Å². The molecule has 1 saturated carbocycles. The van der Waals surface area contributed by atoms with Crippen molar-refractivity contribution in [1.29, 1.82) is 0 Å². The van der Waals surface area contributed by atoms with Gasteiger partial charge in [0, 0.05) is 18.9 Å². The maximum absolute atomic E-state index is 14.0. The number of hydrogen-bond donors (Lipinski definition) is 2. The smallest absolute Gasteiger partial charge is 0.264 e. The number of anilines is 2. The lowest BCUT2D eigenvalue weighted by molar-refractivity contribution is -0.120. The van der Waals surface area contributed by atoms with Crippen molar-refractivity contribution < 1.29 is 13.6 Å². The number of nitrogens with one attached hydrogen (secondary N) is 2. The molecule has 1 aliphatic rings. The van der Waals surface area contributed by atoms with Crippen molar-refractivity contribution in [3.8, 4) is 0 Å². The van der Waals surface area contributed by atoms with E-state index < -0.39 is 11.6 Å². The second kappa shape index (κ2) is 12.8. The van der Waals surface area contributed by atoms with Gasteiger partial charge in [-0.2, -0.15) is 0 Å². The Balaban J connectivity index is 2.33. The third kappa shape index (κ3) is 7.86. The zero-order valence-electron chi connectivity index (χ0n) is 19.7. The Kier molecular flexibility index (Phi) is 10.4. The summed E-state index contributed by atoms with van der Waals surface area (Å²) in [6.07, 6.45) is 15.4. The molecule has 2 unspecified atom stereocenters. The summed E-state index contributed by atoms with van der Waals surface area (Å²) in [7, 11) is 3.30. The zero-order chi connectivity index (χ0) is 24.4. The molecule has 1 aromatic heterocycles. The van der Waals surface area contributed by atoms with Crippen LogP contribution in [0, 0.1) is 11.8 Å². The topological polar surface area (TPSA) is 57.3 Å². The Bertz CT molecular complexity index is 885. The quantitative estimate of drug-likeness (QED) is 0.239. The van der Waals surface area contributed by atoms with Crippen molar-refractivity contribution in [2.75, 3.05) is 17.4 Å². The molecule has 0 saturated heterocycles. The van der Waals surface area contributed by atoms with Gasteiger partial charge >= 0.3 is 0 Å². The molecule has 0 aliphatic heterocycles. The summed E-state index contributed by atoms with van der Waals surface area (Å²) < 4.78 is 27.9. The maximum atomic E-state index is 14.0. The van der Waals surface area contributed by atoms with E-state index in [0.717, 1.165) is 25.7 Å². The minimum atomic E-state index is -2.97. The summed E-state index contributed by atoms with van der Waals surface area (Å²) in [6, 6.07) is 3.50. The number of allylic oxidation sites excluding steroid dienone is 5. The first kappa shape index (κ1) is 26.9. The molecule has 2 N–H and O–H groups in total. The van der Waals surface area contributed by atoms with Crippen molar-refractivity contribution in [2.24, 2.45) is 11.8 Å². The zero-order valence-corrected chi connectivity index (χ0v) is 20.8. The second-order valence-electron chi connectivity index (χ2n) is 8.15. The SMILES string of the molecule is C=CC(=C\C=C/C)/C(=C/C(C)C(F)(F)P)N(NC)c1ccc(NC(=O)C2CCCCC2)nc1. The molecule has 0 radical (unpaired) electrons. The number of hydrogen-bond acceptors (Lipinski definition) is 4. The highest BCUT2D eigenvalue weighted by Crippen LogP contribution is 2.35. The first-order valence-corrected chi connectivity index (χ1v) is 11.9. The van der Waals surface area contributed by atoms with Gasteiger partial charge in [0.25, 0.3) is 5.66 Å². The molecule has 2 rings (SSSR count). The van der Waals surface area contributed by atoms with Crippen LogP contribution in [0.25, 0.3) is 0 Å². The molecule has 5 nitrogen and oxygen atoms in total. The monoisotopic (exact) mass is 476 g/mol. The number of carbonyl (C=O) groups excluding carboxylic acids is 1. The van der Waals surface area contributed by atoms with Crippen LogP contribution in [0.5, 0.6) is 0 Å². The minimum Gasteiger partial charge on any atom is -0.310 e. The third-order valence-electron chi connectivity index (χ3n) is 5.70. The van der Waals surface area contributed by atoms with E-state index in [4.69, 9.17) is 0 Å². The number of alkyl halides is 2. The standard InChI is InChI=1S/C25H35F2N4OP/c1-5-7-11-19(6-2)22(16-18(3)25(26,27)33)31(28-4)21-14-15-23(29-17-21)30-24(32)20-12-9-8-10-13-20/h5-7,11,14-18,20,28H,2,8-10,12-13,33H2,1,3-4H3,(H,29,30,32)/b7-5-,19-11+,22-16-. The highest BCUT2D eigenvalue weighted by Gasteiger charge is 2.30. The number of carbonyl (C=O) groups is 1. The Hall–Kier alpha value is -2.37. The molecular weight excluding hydrogens is 441 g/mol.